The molecule has 1 fully saturated rings. The molecule has 2 N–H and O–H groups in total. The summed E-state index contributed by atoms with van der Waals surface area (Å²) >= 11 is 0. The highest BCUT2D eigenvalue weighted by molar-refractivity contribution is 5.44. The fourth-order valence-corrected chi connectivity index (χ4v) is 8.17. The number of hydrogen-bond donors (Lipinski definition) is 2. The SMILES string of the molecule is CN(C)CCC(Oc1ccc(C(F)(F)F)cc1)c1ccccc1.CNCCC(Oc1ccc(C(F)(F)F)cc1)c1ccccc1.Fc1ccc(C2CCNC[C@H]2CCc2ccc3c(c2)OCO3)cc1. The van der Waals surface area contributed by atoms with Gasteiger partial charge in [-0.15, -0.1) is 0 Å². The number of halogens is 7. The third-order valence-electron chi connectivity index (χ3n) is 11.9. The van der Waals surface area contributed by atoms with Gasteiger partial charge in [-0.2, -0.15) is 26.3 Å². The Labute approximate surface area is 400 Å². The highest BCUT2D eigenvalue weighted by Gasteiger charge is 2.31. The van der Waals surface area contributed by atoms with Gasteiger partial charge in [0.15, 0.2) is 11.5 Å². The molecule has 69 heavy (non-hydrogen) atoms. The maximum Gasteiger partial charge on any atom is 0.416 e. The van der Waals surface area contributed by atoms with Crippen LogP contribution in [0.5, 0.6) is 23.0 Å². The lowest BCUT2D eigenvalue weighted by atomic mass is 9.78. The van der Waals surface area contributed by atoms with Crippen molar-refractivity contribution in [3.63, 3.8) is 0 Å². The fraction of sp³-hybridized carbons (Fsp3) is 0.345. The second-order valence-corrected chi connectivity index (χ2v) is 17.2. The van der Waals surface area contributed by atoms with Crippen molar-refractivity contribution in [1.82, 2.24) is 15.5 Å². The first-order valence-electron chi connectivity index (χ1n) is 23.1. The van der Waals surface area contributed by atoms with Crippen LogP contribution < -0.4 is 29.6 Å². The molecule has 8 rings (SSSR count). The van der Waals surface area contributed by atoms with Crippen LogP contribution in [0.2, 0.25) is 0 Å². The van der Waals surface area contributed by atoms with E-state index in [0.717, 1.165) is 105 Å². The lowest BCUT2D eigenvalue weighted by Crippen LogP contribution is -2.35. The molecule has 7 nitrogen and oxygen atoms in total. The molecule has 14 heteroatoms. The number of ether oxygens (including phenoxy) is 4. The molecule has 0 aliphatic carbocycles. The molecule has 2 aliphatic rings. The number of piperidine rings is 1. The van der Waals surface area contributed by atoms with Crippen LogP contribution in [0.25, 0.3) is 0 Å². The first-order valence-corrected chi connectivity index (χ1v) is 23.1. The molecule has 0 aromatic heterocycles. The third-order valence-corrected chi connectivity index (χ3v) is 11.9. The molecule has 0 saturated carbocycles. The van der Waals surface area contributed by atoms with Crippen LogP contribution in [0, 0.1) is 11.7 Å². The van der Waals surface area contributed by atoms with Crippen LogP contribution in [0.4, 0.5) is 30.7 Å². The molecule has 6 aromatic carbocycles. The molecule has 0 radical (unpaired) electrons. The summed E-state index contributed by atoms with van der Waals surface area (Å²) in [5, 5.41) is 6.56. The van der Waals surface area contributed by atoms with Crippen LogP contribution >= 0.6 is 0 Å². The summed E-state index contributed by atoms with van der Waals surface area (Å²) in [6.45, 7) is 3.94. The quantitative estimate of drug-likeness (QED) is 0.0937. The fourth-order valence-electron chi connectivity index (χ4n) is 8.17. The summed E-state index contributed by atoms with van der Waals surface area (Å²) in [6.07, 6.45) is -4.36. The van der Waals surface area contributed by atoms with Crippen LogP contribution in [0.1, 0.15) is 77.2 Å². The maximum absolute atomic E-state index is 13.2. The molecular formula is C55H60F7N3O4. The Morgan fingerprint density at radius 3 is 1.72 bits per heavy atom. The normalized spacial score (nSPS) is 16.3. The Kier molecular flexibility index (Phi) is 19.3. The molecule has 2 aliphatic heterocycles. The van der Waals surface area contributed by atoms with Gasteiger partial charge in [-0.1, -0.05) is 78.9 Å². The van der Waals surface area contributed by atoms with Gasteiger partial charge >= 0.3 is 12.4 Å². The molecule has 1 saturated heterocycles. The van der Waals surface area contributed by atoms with Crippen molar-refractivity contribution < 1.29 is 49.7 Å². The van der Waals surface area contributed by atoms with Gasteiger partial charge in [0.2, 0.25) is 6.79 Å². The van der Waals surface area contributed by atoms with E-state index in [-0.39, 0.29) is 18.0 Å². The van der Waals surface area contributed by atoms with E-state index in [1.807, 2.05) is 105 Å². The summed E-state index contributed by atoms with van der Waals surface area (Å²) in [5.41, 5.74) is 3.20. The second kappa shape index (κ2) is 25.5. The zero-order valence-electron chi connectivity index (χ0n) is 39.0. The van der Waals surface area contributed by atoms with Crippen LogP contribution in [-0.4, -0.2) is 59.0 Å². The number of benzene rings is 6. The van der Waals surface area contributed by atoms with Crippen molar-refractivity contribution in [2.75, 3.05) is 54.1 Å². The number of nitrogens with one attached hydrogen (secondary N) is 2. The molecule has 3 unspecified atom stereocenters. The Bertz CT molecular complexity index is 2400. The predicted octanol–water partition coefficient (Wildman–Crippen LogP) is 13.1. The summed E-state index contributed by atoms with van der Waals surface area (Å²) in [7, 11) is 5.79. The van der Waals surface area contributed by atoms with Gasteiger partial charge in [0.05, 0.1) is 11.1 Å². The lowest BCUT2D eigenvalue weighted by molar-refractivity contribution is -0.138. The first-order chi connectivity index (χ1) is 33.2. The van der Waals surface area contributed by atoms with Crippen molar-refractivity contribution in [3.05, 3.63) is 191 Å². The maximum atomic E-state index is 13.2. The molecule has 2 heterocycles. The van der Waals surface area contributed by atoms with Crippen molar-refractivity contribution in [3.8, 4) is 23.0 Å². The Morgan fingerprint density at radius 1 is 0.667 bits per heavy atom. The lowest BCUT2D eigenvalue weighted by Gasteiger charge is -2.32. The van der Waals surface area contributed by atoms with Gasteiger partial charge < -0.3 is 34.5 Å². The number of fused-ring (bicyclic) bond motifs is 1. The molecular weight excluding hydrogens is 900 g/mol. The zero-order chi connectivity index (χ0) is 49.2. The minimum absolute atomic E-state index is 0.162. The predicted molar refractivity (Wildman–Crippen MR) is 255 cm³/mol. The largest absolute Gasteiger partial charge is 0.486 e. The van der Waals surface area contributed by atoms with Crippen molar-refractivity contribution in [2.24, 2.45) is 5.92 Å². The van der Waals surface area contributed by atoms with E-state index >= 15 is 0 Å². The topological polar surface area (TPSA) is 64.2 Å². The average Bonchev–Trinajstić information content (AvgIpc) is 3.83. The third kappa shape index (κ3) is 16.5. The summed E-state index contributed by atoms with van der Waals surface area (Å²) in [5.74, 6) is 3.45. The monoisotopic (exact) mass is 959 g/mol. The Hall–Kier alpha value is -6.09. The van der Waals surface area contributed by atoms with Gasteiger partial charge in [-0.05, 0) is 167 Å². The molecule has 0 amide bonds. The summed E-state index contributed by atoms with van der Waals surface area (Å²) in [4.78, 5) is 2.05. The van der Waals surface area contributed by atoms with Gasteiger partial charge in [-0.25, -0.2) is 4.39 Å². The number of hydrogen-bond acceptors (Lipinski definition) is 7. The zero-order valence-corrected chi connectivity index (χ0v) is 39.0. The minimum Gasteiger partial charge on any atom is -0.486 e. The van der Waals surface area contributed by atoms with Gasteiger partial charge in [-0.3, -0.25) is 0 Å². The Morgan fingerprint density at radius 2 is 1.20 bits per heavy atom. The molecule has 4 atom stereocenters. The van der Waals surface area contributed by atoms with E-state index in [9.17, 15) is 30.7 Å². The highest BCUT2D eigenvalue weighted by Crippen LogP contribution is 2.37. The van der Waals surface area contributed by atoms with Gasteiger partial charge in [0.1, 0.15) is 29.5 Å². The van der Waals surface area contributed by atoms with Crippen LogP contribution in [0.15, 0.2) is 152 Å². The number of alkyl halides is 6. The van der Waals surface area contributed by atoms with Crippen molar-refractivity contribution >= 4 is 0 Å². The van der Waals surface area contributed by atoms with E-state index in [1.165, 1.54) is 35.4 Å². The number of rotatable bonds is 16. The smallest absolute Gasteiger partial charge is 0.416 e. The van der Waals surface area contributed by atoms with E-state index in [0.29, 0.717) is 30.1 Å². The first kappa shape index (κ1) is 52.3. The van der Waals surface area contributed by atoms with Crippen molar-refractivity contribution in [2.45, 2.75) is 62.6 Å². The Balaban J connectivity index is 0.000000170. The summed E-state index contributed by atoms with van der Waals surface area (Å²) < 4.78 is 111. The average molecular weight is 960 g/mol. The number of nitrogens with zero attached hydrogens (tertiary/aromatic N) is 1. The van der Waals surface area contributed by atoms with E-state index in [4.69, 9.17) is 18.9 Å². The number of aryl methyl sites for hydroxylation is 1. The molecule has 368 valence electrons. The van der Waals surface area contributed by atoms with Crippen molar-refractivity contribution in [1.29, 1.82) is 0 Å². The van der Waals surface area contributed by atoms with E-state index < -0.39 is 23.5 Å². The summed E-state index contributed by atoms with van der Waals surface area (Å²) in [6, 6.07) is 42.2. The van der Waals surface area contributed by atoms with Gasteiger partial charge in [0, 0.05) is 19.4 Å². The minimum atomic E-state index is -4.33. The van der Waals surface area contributed by atoms with E-state index in [1.54, 1.807) is 12.1 Å². The van der Waals surface area contributed by atoms with E-state index in [2.05, 4.69) is 22.8 Å². The van der Waals surface area contributed by atoms with Crippen LogP contribution in [-0.2, 0) is 18.8 Å². The van der Waals surface area contributed by atoms with Crippen LogP contribution in [0.3, 0.4) is 0 Å². The molecule has 6 aromatic rings. The standard InChI is InChI=1S/C20H22FNO2.C18H20F3NO.C17H18F3NO/c21-17-6-4-15(5-7-17)18-9-10-22-12-16(18)3-1-14-2-8-19-20(11-14)24-13-23-19;1-22(2)13-12-17(14-6-4-3-5-7-14)23-16-10-8-15(9-11-16)18(19,20)21;1-21-12-11-16(13-5-3-2-4-6-13)22-15-9-7-14(8-10-15)17(18,19)20/h2,4-8,11,16,18,22H,1,3,9-10,12-13H2;3-11,17H,12-13H2,1-2H3;2-10,16,21H,11-12H2,1H3/t16-,18?;;/m1../s1. The highest BCUT2D eigenvalue weighted by atomic mass is 19.4. The second-order valence-electron chi connectivity index (χ2n) is 17.2. The van der Waals surface area contributed by atoms with Gasteiger partial charge in [0.25, 0.3) is 0 Å². The molecule has 0 spiro atoms. The molecule has 0 bridgehead atoms.